The molecule has 0 aromatic carbocycles. The number of pyridine rings is 1. The number of ether oxygens (including phenoxy) is 1. The van der Waals surface area contributed by atoms with Gasteiger partial charge in [-0.3, -0.25) is 9.59 Å². The highest BCUT2D eigenvalue weighted by Crippen LogP contribution is 2.13. The minimum Gasteiger partial charge on any atom is -0.450 e. The highest BCUT2D eigenvalue weighted by Gasteiger charge is 2.27. The zero-order chi connectivity index (χ0) is 18.5. The average Bonchev–Trinajstić information content (AvgIpc) is 3.22. The Hall–Kier alpha value is -2.64. The molecule has 2 aliphatic rings. The van der Waals surface area contributed by atoms with Crippen LogP contribution in [0.25, 0.3) is 0 Å². The number of hydrogen-bond acceptors (Lipinski definition) is 5. The van der Waals surface area contributed by atoms with Gasteiger partial charge >= 0.3 is 6.09 Å². The quantitative estimate of drug-likeness (QED) is 0.810. The van der Waals surface area contributed by atoms with Crippen LogP contribution in [0.3, 0.4) is 0 Å². The third-order valence-electron chi connectivity index (χ3n) is 4.67. The van der Waals surface area contributed by atoms with E-state index in [1.54, 1.807) is 39.8 Å². The lowest BCUT2D eigenvalue weighted by atomic mass is 10.2. The standard InChI is InChI=1S/C18H24N4O4/c1-2-26-18(25)22-12-10-21(11-13-22)17(24)15-7-5-6-14(19-15)16(23)20-8-3-4-9-20/h5-7H,2-4,8-13H2,1H3. The van der Waals surface area contributed by atoms with Gasteiger partial charge in [0.2, 0.25) is 0 Å². The molecule has 0 saturated carbocycles. The number of aromatic nitrogens is 1. The van der Waals surface area contributed by atoms with Gasteiger partial charge in [-0.2, -0.15) is 0 Å². The molecule has 0 aliphatic carbocycles. The zero-order valence-electron chi connectivity index (χ0n) is 15.0. The van der Waals surface area contributed by atoms with Gasteiger partial charge in [0.1, 0.15) is 11.4 Å². The molecule has 8 heteroatoms. The molecule has 0 N–H and O–H groups in total. The van der Waals surface area contributed by atoms with E-state index in [1.807, 2.05) is 0 Å². The van der Waals surface area contributed by atoms with Crippen LogP contribution < -0.4 is 0 Å². The number of nitrogens with zero attached hydrogens (tertiary/aromatic N) is 4. The molecule has 1 aromatic rings. The van der Waals surface area contributed by atoms with E-state index in [2.05, 4.69) is 4.98 Å². The molecule has 0 unspecified atom stereocenters. The topological polar surface area (TPSA) is 83.0 Å². The van der Waals surface area contributed by atoms with Crippen LogP contribution in [0.15, 0.2) is 18.2 Å². The average molecular weight is 360 g/mol. The van der Waals surface area contributed by atoms with E-state index in [-0.39, 0.29) is 23.6 Å². The number of carbonyl (C=O) groups is 3. The van der Waals surface area contributed by atoms with Crippen molar-refractivity contribution >= 4 is 17.9 Å². The lowest BCUT2D eigenvalue weighted by molar-refractivity contribution is 0.0565. The summed E-state index contributed by atoms with van der Waals surface area (Å²) >= 11 is 0. The van der Waals surface area contributed by atoms with E-state index in [0.717, 1.165) is 25.9 Å². The second kappa shape index (κ2) is 8.16. The van der Waals surface area contributed by atoms with Crippen molar-refractivity contribution in [3.8, 4) is 0 Å². The van der Waals surface area contributed by atoms with E-state index < -0.39 is 0 Å². The fourth-order valence-corrected chi connectivity index (χ4v) is 3.22. The molecule has 1 aromatic heterocycles. The molecule has 0 radical (unpaired) electrons. The summed E-state index contributed by atoms with van der Waals surface area (Å²) in [4.78, 5) is 46.2. The second-order valence-corrected chi connectivity index (χ2v) is 6.39. The molecule has 0 atom stereocenters. The molecule has 2 fully saturated rings. The van der Waals surface area contributed by atoms with Gasteiger partial charge in [-0.25, -0.2) is 9.78 Å². The first kappa shape index (κ1) is 18.2. The summed E-state index contributed by atoms with van der Waals surface area (Å²) in [5.74, 6) is -0.339. The Bertz CT molecular complexity index is 680. The molecule has 2 aliphatic heterocycles. The summed E-state index contributed by atoms with van der Waals surface area (Å²) in [6.45, 7) is 5.28. The second-order valence-electron chi connectivity index (χ2n) is 6.39. The van der Waals surface area contributed by atoms with Crippen molar-refractivity contribution in [2.24, 2.45) is 0 Å². The van der Waals surface area contributed by atoms with E-state index in [0.29, 0.717) is 38.5 Å². The maximum Gasteiger partial charge on any atom is 0.409 e. The van der Waals surface area contributed by atoms with Crippen LogP contribution in [-0.2, 0) is 4.74 Å². The molecule has 2 saturated heterocycles. The zero-order valence-corrected chi connectivity index (χ0v) is 15.0. The third-order valence-corrected chi connectivity index (χ3v) is 4.67. The van der Waals surface area contributed by atoms with Crippen molar-refractivity contribution in [1.82, 2.24) is 19.7 Å². The number of likely N-dealkylation sites (tertiary alicyclic amines) is 1. The van der Waals surface area contributed by atoms with Crippen molar-refractivity contribution in [3.63, 3.8) is 0 Å². The van der Waals surface area contributed by atoms with Gasteiger partial charge in [0.05, 0.1) is 6.61 Å². The molecule has 3 heterocycles. The van der Waals surface area contributed by atoms with Crippen molar-refractivity contribution in [2.75, 3.05) is 45.9 Å². The maximum absolute atomic E-state index is 12.7. The monoisotopic (exact) mass is 360 g/mol. The summed E-state index contributed by atoms with van der Waals surface area (Å²) < 4.78 is 4.98. The van der Waals surface area contributed by atoms with Crippen LogP contribution in [0.1, 0.15) is 40.7 Å². The SMILES string of the molecule is CCOC(=O)N1CCN(C(=O)c2cccc(C(=O)N3CCCC3)n2)CC1. The minimum atomic E-state index is -0.351. The summed E-state index contributed by atoms with van der Waals surface area (Å²) in [6, 6.07) is 4.97. The molecule has 3 amide bonds. The summed E-state index contributed by atoms with van der Waals surface area (Å²) in [6.07, 6.45) is 1.67. The molecule has 3 rings (SSSR count). The van der Waals surface area contributed by atoms with Crippen molar-refractivity contribution in [1.29, 1.82) is 0 Å². The van der Waals surface area contributed by atoms with E-state index in [9.17, 15) is 14.4 Å². The van der Waals surface area contributed by atoms with Crippen molar-refractivity contribution in [3.05, 3.63) is 29.6 Å². The smallest absolute Gasteiger partial charge is 0.409 e. The van der Waals surface area contributed by atoms with Gasteiger partial charge in [-0.15, -0.1) is 0 Å². The first-order valence-corrected chi connectivity index (χ1v) is 9.07. The Balaban J connectivity index is 1.62. The summed E-state index contributed by atoms with van der Waals surface area (Å²) in [5.41, 5.74) is 0.572. The molecule has 0 bridgehead atoms. The fraction of sp³-hybridized carbons (Fsp3) is 0.556. The largest absolute Gasteiger partial charge is 0.450 e. The number of rotatable bonds is 3. The normalized spacial score (nSPS) is 17.3. The lowest BCUT2D eigenvalue weighted by Crippen LogP contribution is -2.50. The van der Waals surface area contributed by atoms with Crippen molar-refractivity contribution < 1.29 is 19.1 Å². The Labute approximate surface area is 152 Å². The van der Waals surface area contributed by atoms with Gasteiger partial charge in [-0.05, 0) is 31.9 Å². The Kier molecular flexibility index (Phi) is 5.70. The Morgan fingerprint density at radius 3 is 1.92 bits per heavy atom. The van der Waals surface area contributed by atoms with Gasteiger partial charge in [0, 0.05) is 39.3 Å². The molecular weight excluding hydrogens is 336 g/mol. The van der Waals surface area contributed by atoms with Gasteiger partial charge in [0.25, 0.3) is 11.8 Å². The molecule has 8 nitrogen and oxygen atoms in total. The van der Waals surface area contributed by atoms with Crippen LogP contribution in [0.2, 0.25) is 0 Å². The molecule has 26 heavy (non-hydrogen) atoms. The van der Waals surface area contributed by atoms with Crippen LogP contribution in [0, 0.1) is 0 Å². The predicted octanol–water partition coefficient (Wildman–Crippen LogP) is 1.23. The summed E-state index contributed by atoms with van der Waals surface area (Å²) in [5, 5.41) is 0. The third kappa shape index (κ3) is 3.95. The van der Waals surface area contributed by atoms with Gasteiger partial charge < -0.3 is 19.4 Å². The Morgan fingerprint density at radius 2 is 1.38 bits per heavy atom. The van der Waals surface area contributed by atoms with Crippen LogP contribution in [0.4, 0.5) is 4.79 Å². The van der Waals surface area contributed by atoms with E-state index in [4.69, 9.17) is 4.74 Å². The molecular formula is C18H24N4O4. The first-order chi connectivity index (χ1) is 12.6. The first-order valence-electron chi connectivity index (χ1n) is 9.07. The minimum absolute atomic E-state index is 0.121. The summed E-state index contributed by atoms with van der Waals surface area (Å²) in [7, 11) is 0. The molecule has 0 spiro atoms. The predicted molar refractivity (Wildman–Crippen MR) is 93.9 cm³/mol. The maximum atomic E-state index is 12.7. The lowest BCUT2D eigenvalue weighted by Gasteiger charge is -2.33. The van der Waals surface area contributed by atoms with Gasteiger partial charge in [0.15, 0.2) is 0 Å². The van der Waals surface area contributed by atoms with E-state index >= 15 is 0 Å². The van der Waals surface area contributed by atoms with E-state index in [1.165, 1.54) is 0 Å². The molecule has 140 valence electrons. The highest BCUT2D eigenvalue weighted by atomic mass is 16.6. The van der Waals surface area contributed by atoms with Crippen LogP contribution in [0.5, 0.6) is 0 Å². The van der Waals surface area contributed by atoms with Crippen LogP contribution >= 0.6 is 0 Å². The van der Waals surface area contributed by atoms with Crippen LogP contribution in [-0.4, -0.2) is 83.5 Å². The van der Waals surface area contributed by atoms with Crippen molar-refractivity contribution in [2.45, 2.75) is 19.8 Å². The fourth-order valence-electron chi connectivity index (χ4n) is 3.22. The number of carbonyl (C=O) groups excluding carboxylic acids is 3. The number of hydrogen-bond donors (Lipinski definition) is 0. The highest BCUT2D eigenvalue weighted by molar-refractivity contribution is 5.96. The number of amides is 3. The van der Waals surface area contributed by atoms with Gasteiger partial charge in [-0.1, -0.05) is 6.07 Å². The number of piperazine rings is 1. The Morgan fingerprint density at radius 1 is 0.885 bits per heavy atom.